The largest absolute Gasteiger partial charge is 0.327 e. The molecule has 6 heteroatoms. The first kappa shape index (κ1) is 17.4. The van der Waals surface area contributed by atoms with Crippen molar-refractivity contribution in [3.8, 4) is 0 Å². The van der Waals surface area contributed by atoms with Gasteiger partial charge in [-0.2, -0.15) is 0 Å². The third-order valence-electron chi connectivity index (χ3n) is 4.79. The Kier molecular flexibility index (Phi) is 4.71. The van der Waals surface area contributed by atoms with E-state index in [0.29, 0.717) is 12.5 Å². The van der Waals surface area contributed by atoms with Crippen molar-refractivity contribution in [2.75, 3.05) is 6.54 Å². The molecule has 1 saturated carbocycles. The van der Waals surface area contributed by atoms with Crippen LogP contribution in [0.1, 0.15) is 29.0 Å². The summed E-state index contributed by atoms with van der Waals surface area (Å²) < 4.78 is 16.2. The smallest absolute Gasteiger partial charge is 0.257 e. The summed E-state index contributed by atoms with van der Waals surface area (Å²) in [5.41, 5.74) is 1.70. The van der Waals surface area contributed by atoms with Crippen LogP contribution in [0.2, 0.25) is 0 Å². The number of hydrogen-bond acceptors (Lipinski definition) is 3. The summed E-state index contributed by atoms with van der Waals surface area (Å²) in [7, 11) is 0. The molecule has 5 nitrogen and oxygen atoms in total. The summed E-state index contributed by atoms with van der Waals surface area (Å²) in [6, 6.07) is 9.81. The SMILES string of the molecule is C=CCN(Cc1nc2cccnc2n1CC1CC1)C(=O)c1ccccc1F. The van der Waals surface area contributed by atoms with Crippen molar-refractivity contribution < 1.29 is 9.18 Å². The second-order valence-corrected chi connectivity index (χ2v) is 6.88. The van der Waals surface area contributed by atoms with Crippen LogP contribution in [0.3, 0.4) is 0 Å². The van der Waals surface area contributed by atoms with Gasteiger partial charge in [-0.15, -0.1) is 6.58 Å². The van der Waals surface area contributed by atoms with Gasteiger partial charge in [-0.25, -0.2) is 14.4 Å². The van der Waals surface area contributed by atoms with E-state index in [9.17, 15) is 9.18 Å². The van der Waals surface area contributed by atoms with Crippen LogP contribution in [0.4, 0.5) is 4.39 Å². The number of rotatable bonds is 7. The Balaban J connectivity index is 1.68. The lowest BCUT2D eigenvalue weighted by molar-refractivity contribution is 0.0752. The van der Waals surface area contributed by atoms with Crippen LogP contribution in [0, 0.1) is 11.7 Å². The van der Waals surface area contributed by atoms with E-state index in [2.05, 4.69) is 16.1 Å². The van der Waals surface area contributed by atoms with E-state index < -0.39 is 5.82 Å². The van der Waals surface area contributed by atoms with Gasteiger partial charge in [-0.1, -0.05) is 18.2 Å². The van der Waals surface area contributed by atoms with E-state index in [1.165, 1.54) is 25.0 Å². The zero-order valence-corrected chi connectivity index (χ0v) is 15.0. The van der Waals surface area contributed by atoms with Crippen molar-refractivity contribution in [2.45, 2.75) is 25.9 Å². The predicted molar refractivity (Wildman–Crippen MR) is 102 cm³/mol. The number of pyridine rings is 1. The number of carbonyl (C=O) groups excluding carboxylic acids is 1. The number of fused-ring (bicyclic) bond motifs is 1. The van der Waals surface area contributed by atoms with Gasteiger partial charge in [0.05, 0.1) is 12.1 Å². The Bertz CT molecular complexity index is 993. The lowest BCUT2D eigenvalue weighted by Gasteiger charge is -2.21. The van der Waals surface area contributed by atoms with Crippen molar-refractivity contribution in [1.82, 2.24) is 19.4 Å². The molecule has 138 valence electrons. The average Bonchev–Trinajstić information content (AvgIpc) is 3.43. The van der Waals surface area contributed by atoms with Gasteiger partial charge in [0.25, 0.3) is 5.91 Å². The predicted octanol–water partition coefficient (Wildman–Crippen LogP) is 3.81. The molecule has 2 heterocycles. The fourth-order valence-corrected chi connectivity index (χ4v) is 3.23. The first-order valence-electron chi connectivity index (χ1n) is 9.12. The lowest BCUT2D eigenvalue weighted by Crippen LogP contribution is -2.32. The van der Waals surface area contributed by atoms with E-state index in [4.69, 9.17) is 4.98 Å². The molecule has 27 heavy (non-hydrogen) atoms. The highest BCUT2D eigenvalue weighted by Gasteiger charge is 2.26. The Morgan fingerprint density at radius 2 is 2.11 bits per heavy atom. The van der Waals surface area contributed by atoms with Crippen LogP contribution >= 0.6 is 0 Å². The minimum Gasteiger partial charge on any atom is -0.327 e. The molecule has 4 rings (SSSR count). The highest BCUT2D eigenvalue weighted by Crippen LogP contribution is 2.32. The molecule has 2 aromatic heterocycles. The normalized spacial score (nSPS) is 13.7. The van der Waals surface area contributed by atoms with Gasteiger partial charge in [0, 0.05) is 19.3 Å². The summed E-state index contributed by atoms with van der Waals surface area (Å²) in [6.45, 7) is 5.18. The van der Waals surface area contributed by atoms with Crippen LogP contribution in [0.25, 0.3) is 11.2 Å². The molecular formula is C21H21FN4O. The summed E-state index contributed by atoms with van der Waals surface area (Å²) in [4.78, 5) is 23.6. The van der Waals surface area contributed by atoms with Gasteiger partial charge in [0.2, 0.25) is 0 Å². The number of hydrogen-bond donors (Lipinski definition) is 0. The van der Waals surface area contributed by atoms with Crippen molar-refractivity contribution in [1.29, 1.82) is 0 Å². The highest BCUT2D eigenvalue weighted by atomic mass is 19.1. The van der Waals surface area contributed by atoms with Crippen molar-refractivity contribution in [3.63, 3.8) is 0 Å². The van der Waals surface area contributed by atoms with E-state index in [1.54, 1.807) is 29.3 Å². The molecule has 0 radical (unpaired) electrons. The molecule has 1 aliphatic carbocycles. The topological polar surface area (TPSA) is 51.0 Å². The molecule has 1 amide bonds. The maximum Gasteiger partial charge on any atom is 0.257 e. The fourth-order valence-electron chi connectivity index (χ4n) is 3.23. The van der Waals surface area contributed by atoms with Crippen molar-refractivity contribution in [2.24, 2.45) is 5.92 Å². The fraction of sp³-hybridized carbons (Fsp3) is 0.286. The quantitative estimate of drug-likeness (QED) is 0.599. The number of halogens is 1. The third kappa shape index (κ3) is 3.60. The van der Waals surface area contributed by atoms with Gasteiger partial charge in [0.15, 0.2) is 5.65 Å². The molecular weight excluding hydrogens is 343 g/mol. The standard InChI is InChI=1S/C21H21FN4O/c1-2-12-25(21(27)16-6-3-4-7-17(16)22)14-19-24-18-8-5-11-23-20(18)26(19)13-15-9-10-15/h2-8,11,15H,1,9-10,12-14H2. The van der Waals surface area contributed by atoms with Crippen LogP contribution in [-0.4, -0.2) is 31.9 Å². The zero-order valence-electron chi connectivity index (χ0n) is 15.0. The Morgan fingerprint density at radius 3 is 2.85 bits per heavy atom. The van der Waals surface area contributed by atoms with Gasteiger partial charge < -0.3 is 9.47 Å². The number of benzene rings is 1. The van der Waals surface area contributed by atoms with Gasteiger partial charge in [-0.05, 0) is 43.0 Å². The molecule has 0 atom stereocenters. The molecule has 1 fully saturated rings. The molecule has 3 aromatic rings. The van der Waals surface area contributed by atoms with E-state index >= 15 is 0 Å². The highest BCUT2D eigenvalue weighted by molar-refractivity contribution is 5.94. The molecule has 0 saturated heterocycles. The van der Waals surface area contributed by atoms with E-state index in [-0.39, 0.29) is 18.0 Å². The Hall–Kier alpha value is -3.02. The maximum atomic E-state index is 14.1. The van der Waals surface area contributed by atoms with Crippen molar-refractivity contribution >= 4 is 17.1 Å². The summed E-state index contributed by atoms with van der Waals surface area (Å²) in [5, 5.41) is 0. The summed E-state index contributed by atoms with van der Waals surface area (Å²) >= 11 is 0. The monoisotopic (exact) mass is 364 g/mol. The Labute approximate surface area is 157 Å². The molecule has 1 aliphatic rings. The maximum absolute atomic E-state index is 14.1. The van der Waals surface area contributed by atoms with Crippen LogP contribution in [-0.2, 0) is 13.1 Å². The molecule has 0 aliphatic heterocycles. The molecule has 1 aromatic carbocycles. The van der Waals surface area contributed by atoms with E-state index in [1.807, 2.05) is 12.1 Å². The molecule has 0 spiro atoms. The zero-order chi connectivity index (χ0) is 18.8. The number of carbonyl (C=O) groups is 1. The van der Waals surface area contributed by atoms with Gasteiger partial charge in [-0.3, -0.25) is 4.79 Å². The summed E-state index contributed by atoms with van der Waals surface area (Å²) in [5.74, 6) is 0.510. The second kappa shape index (κ2) is 7.31. The molecule has 0 unspecified atom stereocenters. The van der Waals surface area contributed by atoms with Gasteiger partial charge in [0.1, 0.15) is 17.2 Å². The number of nitrogens with zero attached hydrogens (tertiary/aromatic N) is 4. The van der Waals surface area contributed by atoms with Gasteiger partial charge >= 0.3 is 0 Å². The Morgan fingerprint density at radius 1 is 1.30 bits per heavy atom. The second-order valence-electron chi connectivity index (χ2n) is 6.88. The van der Waals surface area contributed by atoms with Crippen LogP contribution < -0.4 is 0 Å². The molecule has 0 bridgehead atoms. The summed E-state index contributed by atoms with van der Waals surface area (Å²) in [6.07, 6.45) is 5.81. The first-order valence-corrected chi connectivity index (χ1v) is 9.12. The van der Waals surface area contributed by atoms with Crippen molar-refractivity contribution in [3.05, 3.63) is 72.5 Å². The van der Waals surface area contributed by atoms with Crippen LogP contribution in [0.15, 0.2) is 55.3 Å². The lowest BCUT2D eigenvalue weighted by atomic mass is 10.2. The van der Waals surface area contributed by atoms with E-state index in [0.717, 1.165) is 23.5 Å². The minimum absolute atomic E-state index is 0.0577. The number of amides is 1. The minimum atomic E-state index is -0.523. The molecule has 0 N–H and O–H groups in total. The van der Waals surface area contributed by atoms with Crippen LogP contribution in [0.5, 0.6) is 0 Å². The number of aromatic nitrogens is 3. The third-order valence-corrected chi connectivity index (χ3v) is 4.79. The first-order chi connectivity index (χ1) is 13.2. The average molecular weight is 364 g/mol. The number of imidazole rings is 1.